The molecule has 6 heteroatoms. The summed E-state index contributed by atoms with van der Waals surface area (Å²) in [5.41, 5.74) is 0.00510. The highest BCUT2D eigenvalue weighted by molar-refractivity contribution is 6.75. The van der Waals surface area contributed by atoms with Crippen LogP contribution in [0.1, 0.15) is 133 Å². The summed E-state index contributed by atoms with van der Waals surface area (Å²) in [4.78, 5) is 25.7. The van der Waals surface area contributed by atoms with Gasteiger partial charge in [-0.3, -0.25) is 9.59 Å². The maximum absolute atomic E-state index is 12.9. The van der Waals surface area contributed by atoms with E-state index in [4.69, 9.17) is 9.16 Å². The summed E-state index contributed by atoms with van der Waals surface area (Å²) >= 11 is 0. The second-order valence-corrected chi connectivity index (χ2v) is 22.5. The van der Waals surface area contributed by atoms with E-state index in [1.807, 2.05) is 20.8 Å². The van der Waals surface area contributed by atoms with Crippen molar-refractivity contribution in [3.8, 4) is 0 Å². The second-order valence-electron chi connectivity index (χ2n) is 17.8. The molecule has 4 aliphatic carbocycles. The molecule has 0 aliphatic heterocycles. The Morgan fingerprint density at radius 3 is 2.19 bits per heavy atom. The van der Waals surface area contributed by atoms with Gasteiger partial charge in [0.15, 0.2) is 0 Å². The van der Waals surface area contributed by atoms with E-state index in [0.29, 0.717) is 41.9 Å². The van der Waals surface area contributed by atoms with E-state index in [1.54, 1.807) is 0 Å². The van der Waals surface area contributed by atoms with Gasteiger partial charge in [0.25, 0.3) is 14.3 Å². The normalized spacial score (nSPS) is 39.5. The van der Waals surface area contributed by atoms with Crippen molar-refractivity contribution >= 4 is 20.3 Å². The van der Waals surface area contributed by atoms with Gasteiger partial charge < -0.3 is 14.3 Å². The molecule has 1 N–H and O–H groups in total. The lowest BCUT2D eigenvalue weighted by Gasteiger charge is -2.62. The molecular weight excluding hydrogens is 540 g/mol. The van der Waals surface area contributed by atoms with Crippen LogP contribution in [0.4, 0.5) is 0 Å². The molecule has 42 heavy (non-hydrogen) atoms. The minimum Gasteiger partial charge on any atom is -0.519 e. The van der Waals surface area contributed by atoms with Gasteiger partial charge >= 0.3 is 5.97 Å². The largest absolute Gasteiger partial charge is 0.519 e. The average molecular weight is 605 g/mol. The van der Waals surface area contributed by atoms with Gasteiger partial charge in [0.05, 0.1) is 11.5 Å². The standard InChI is InChI=1S/C36H64O5Si/c1-12-34(6,7)32(39)40-25-17-19-35(8)24(21-25)22-29(37)31-27-15-14-26(36(27,9)20-18-28(31)35)23(2)13-16-30(38)41-42(10,11)33(3,4)5/h23-29,31,37H,12-22H2,1-11H3. The van der Waals surface area contributed by atoms with Crippen LogP contribution in [0.25, 0.3) is 0 Å². The molecule has 0 bridgehead atoms. The minimum atomic E-state index is -2.09. The van der Waals surface area contributed by atoms with E-state index in [0.717, 1.165) is 38.5 Å². The Morgan fingerprint density at radius 1 is 0.952 bits per heavy atom. The van der Waals surface area contributed by atoms with Crippen LogP contribution in [0.3, 0.4) is 0 Å². The zero-order valence-electron chi connectivity index (χ0n) is 29.0. The smallest absolute Gasteiger partial charge is 0.311 e. The zero-order chi connectivity index (χ0) is 31.5. The number of hydrogen-bond acceptors (Lipinski definition) is 5. The highest BCUT2D eigenvalue weighted by Crippen LogP contribution is 2.68. The van der Waals surface area contributed by atoms with Crippen LogP contribution in [0.5, 0.6) is 0 Å². The summed E-state index contributed by atoms with van der Waals surface area (Å²) in [5.74, 6) is 2.86. The maximum Gasteiger partial charge on any atom is 0.311 e. The van der Waals surface area contributed by atoms with Gasteiger partial charge in [0, 0.05) is 6.42 Å². The molecule has 10 unspecified atom stereocenters. The van der Waals surface area contributed by atoms with E-state index in [-0.39, 0.29) is 40.0 Å². The number of ether oxygens (including phenoxy) is 1. The molecule has 0 aromatic rings. The Hall–Kier alpha value is -0.883. The molecule has 10 atom stereocenters. The van der Waals surface area contributed by atoms with E-state index in [2.05, 4.69) is 54.6 Å². The Bertz CT molecular complexity index is 999. The Kier molecular flexibility index (Phi) is 9.55. The second kappa shape index (κ2) is 11.8. The number of aliphatic hydroxyl groups excluding tert-OH is 1. The van der Waals surface area contributed by atoms with Gasteiger partial charge in [-0.15, -0.1) is 0 Å². The molecule has 5 nitrogen and oxygen atoms in total. The lowest BCUT2D eigenvalue weighted by molar-refractivity contribution is -0.186. The first-order valence-corrected chi connectivity index (χ1v) is 20.3. The summed E-state index contributed by atoms with van der Waals surface area (Å²) in [5, 5.41) is 11.8. The van der Waals surface area contributed by atoms with E-state index in [1.165, 1.54) is 25.7 Å². The molecule has 242 valence electrons. The number of carbonyl (C=O) groups is 2. The number of aliphatic hydroxyl groups is 1. The van der Waals surface area contributed by atoms with Gasteiger partial charge in [-0.05, 0) is 143 Å². The summed E-state index contributed by atoms with van der Waals surface area (Å²) < 4.78 is 12.2. The van der Waals surface area contributed by atoms with Gasteiger partial charge in [-0.2, -0.15) is 0 Å². The summed E-state index contributed by atoms with van der Waals surface area (Å²) in [6.45, 7) is 24.2. The van der Waals surface area contributed by atoms with Crippen LogP contribution in [0, 0.1) is 51.8 Å². The molecule has 4 rings (SSSR count). The van der Waals surface area contributed by atoms with Crippen LogP contribution in [0.15, 0.2) is 0 Å². The van der Waals surface area contributed by atoms with Crippen molar-refractivity contribution in [3.63, 3.8) is 0 Å². The van der Waals surface area contributed by atoms with Crippen molar-refractivity contribution in [1.82, 2.24) is 0 Å². The molecule has 0 heterocycles. The maximum atomic E-state index is 12.9. The topological polar surface area (TPSA) is 72.8 Å². The lowest BCUT2D eigenvalue weighted by atomic mass is 9.43. The predicted molar refractivity (Wildman–Crippen MR) is 172 cm³/mol. The van der Waals surface area contributed by atoms with Crippen LogP contribution in [0.2, 0.25) is 18.1 Å². The Labute approximate surface area is 258 Å². The predicted octanol–water partition coefficient (Wildman–Crippen LogP) is 8.93. The fourth-order valence-corrected chi connectivity index (χ4v) is 10.7. The van der Waals surface area contributed by atoms with Crippen molar-refractivity contribution in [2.75, 3.05) is 0 Å². The van der Waals surface area contributed by atoms with Gasteiger partial charge in [-0.1, -0.05) is 48.5 Å². The van der Waals surface area contributed by atoms with Crippen molar-refractivity contribution in [1.29, 1.82) is 0 Å². The third-order valence-corrected chi connectivity index (χ3v) is 18.4. The van der Waals surface area contributed by atoms with Crippen LogP contribution in [-0.2, 0) is 18.8 Å². The molecular formula is C36H64O5Si. The molecule has 0 spiro atoms. The fraction of sp³-hybridized carbons (Fsp3) is 0.944. The molecule has 0 aromatic heterocycles. The van der Waals surface area contributed by atoms with Crippen LogP contribution >= 0.6 is 0 Å². The van der Waals surface area contributed by atoms with Gasteiger partial charge in [-0.25, -0.2) is 0 Å². The molecule has 0 radical (unpaired) electrons. The number of rotatable bonds is 8. The molecule has 0 aromatic carbocycles. The molecule has 0 amide bonds. The number of carbonyl (C=O) groups excluding carboxylic acids is 2. The van der Waals surface area contributed by atoms with E-state index in [9.17, 15) is 14.7 Å². The van der Waals surface area contributed by atoms with Crippen molar-refractivity contribution in [2.24, 2.45) is 51.8 Å². The summed E-state index contributed by atoms with van der Waals surface area (Å²) in [7, 11) is -2.09. The van der Waals surface area contributed by atoms with Crippen molar-refractivity contribution < 1.29 is 23.9 Å². The minimum absolute atomic E-state index is 0.0148. The average Bonchev–Trinajstić information content (AvgIpc) is 3.24. The fourth-order valence-electron chi connectivity index (χ4n) is 9.76. The van der Waals surface area contributed by atoms with Crippen molar-refractivity contribution in [2.45, 2.75) is 163 Å². The molecule has 4 aliphatic rings. The summed E-state index contributed by atoms with van der Waals surface area (Å²) in [6.07, 6.45) is 10.5. The molecule has 4 fully saturated rings. The van der Waals surface area contributed by atoms with Crippen LogP contribution < -0.4 is 0 Å². The van der Waals surface area contributed by atoms with Crippen LogP contribution in [-0.4, -0.2) is 37.6 Å². The monoisotopic (exact) mass is 604 g/mol. The molecule has 0 saturated heterocycles. The zero-order valence-corrected chi connectivity index (χ0v) is 30.0. The first kappa shape index (κ1) is 34.0. The van der Waals surface area contributed by atoms with Gasteiger partial charge in [0.1, 0.15) is 6.10 Å². The lowest BCUT2D eigenvalue weighted by Crippen LogP contribution is -2.59. The highest BCUT2D eigenvalue weighted by atomic mass is 28.4. The summed E-state index contributed by atoms with van der Waals surface area (Å²) in [6, 6.07) is 0. The first-order chi connectivity index (χ1) is 19.3. The number of hydrogen-bond donors (Lipinski definition) is 1. The Balaban J connectivity index is 1.40. The molecule has 4 saturated carbocycles. The SMILES string of the molecule is CCC(C)(C)C(=O)OC1CCC2(C)C(C1)CC(O)C1C2CCC2(C)C(C(C)CCC(=O)O[Si](C)(C)C(C)(C)C)CCC12. The van der Waals surface area contributed by atoms with Crippen molar-refractivity contribution in [3.05, 3.63) is 0 Å². The third kappa shape index (κ3) is 6.15. The first-order valence-electron chi connectivity index (χ1n) is 17.4. The highest BCUT2D eigenvalue weighted by Gasteiger charge is 2.63. The quantitative estimate of drug-likeness (QED) is 0.221. The van der Waals surface area contributed by atoms with Gasteiger partial charge in [0.2, 0.25) is 0 Å². The van der Waals surface area contributed by atoms with E-state index < -0.39 is 13.7 Å². The number of esters is 1. The number of fused-ring (bicyclic) bond motifs is 5. The third-order valence-electron chi connectivity index (χ3n) is 14.1. The van der Waals surface area contributed by atoms with E-state index >= 15 is 0 Å². The Morgan fingerprint density at radius 2 is 1.57 bits per heavy atom.